The summed E-state index contributed by atoms with van der Waals surface area (Å²) in [4.78, 5) is 50.4. The predicted molar refractivity (Wildman–Crippen MR) is 127 cm³/mol. The molecular formula is C25H27N3O6S. The number of rotatable bonds is 8. The zero-order valence-corrected chi connectivity index (χ0v) is 20.4. The van der Waals surface area contributed by atoms with Crippen molar-refractivity contribution >= 4 is 33.7 Å². The lowest BCUT2D eigenvalue weighted by atomic mass is 10.0. The first-order valence-electron chi connectivity index (χ1n) is 11.5. The van der Waals surface area contributed by atoms with Crippen molar-refractivity contribution in [2.75, 3.05) is 6.54 Å². The molecule has 4 amide bonds. The second-order valence-corrected chi connectivity index (χ2v) is 10.8. The molecule has 1 atom stereocenters. The van der Waals surface area contributed by atoms with Gasteiger partial charge in [0.05, 0.1) is 16.0 Å². The summed E-state index contributed by atoms with van der Waals surface area (Å²) in [7, 11) is -3.64. The predicted octanol–water partition coefficient (Wildman–Crippen LogP) is 2.12. The molecule has 2 aromatic rings. The van der Waals surface area contributed by atoms with Gasteiger partial charge in [-0.1, -0.05) is 32.0 Å². The van der Waals surface area contributed by atoms with Gasteiger partial charge in [-0.2, -0.15) is 0 Å². The van der Waals surface area contributed by atoms with Crippen LogP contribution in [-0.2, 0) is 26.0 Å². The van der Waals surface area contributed by atoms with Crippen molar-refractivity contribution in [1.82, 2.24) is 14.9 Å². The first-order chi connectivity index (χ1) is 16.6. The molecule has 2 aromatic carbocycles. The topological polar surface area (TPSA) is 130 Å². The van der Waals surface area contributed by atoms with Gasteiger partial charge in [-0.3, -0.25) is 29.4 Å². The van der Waals surface area contributed by atoms with Crippen LogP contribution >= 0.6 is 0 Å². The smallest absolute Gasteiger partial charge is 0.262 e. The van der Waals surface area contributed by atoms with Gasteiger partial charge in [0, 0.05) is 13.0 Å². The SMILES string of the molecule is CC(C)c1cccc(S(=O)(=O)NCCCc2ccc3c(c2)C(=O)N(C2CCC(=O)NC2=O)C3=O)c1. The summed E-state index contributed by atoms with van der Waals surface area (Å²) in [6, 6.07) is 10.7. The van der Waals surface area contributed by atoms with E-state index in [9.17, 15) is 27.6 Å². The van der Waals surface area contributed by atoms with Gasteiger partial charge < -0.3 is 0 Å². The summed E-state index contributed by atoms with van der Waals surface area (Å²) in [6.45, 7) is 4.21. The molecule has 184 valence electrons. The number of nitrogens with zero attached hydrogens (tertiary/aromatic N) is 1. The van der Waals surface area contributed by atoms with Crippen molar-refractivity contribution in [1.29, 1.82) is 0 Å². The maximum Gasteiger partial charge on any atom is 0.262 e. The number of sulfonamides is 1. The minimum Gasteiger partial charge on any atom is -0.295 e. The summed E-state index contributed by atoms with van der Waals surface area (Å²) < 4.78 is 27.9. The molecule has 1 unspecified atom stereocenters. The van der Waals surface area contributed by atoms with Crippen LogP contribution in [0.25, 0.3) is 0 Å². The monoisotopic (exact) mass is 497 g/mol. The Bertz CT molecular complexity index is 1320. The third-order valence-electron chi connectivity index (χ3n) is 6.27. The van der Waals surface area contributed by atoms with Gasteiger partial charge in [0.15, 0.2) is 0 Å². The molecule has 10 heteroatoms. The Hall–Kier alpha value is -3.37. The number of hydrogen-bond donors (Lipinski definition) is 2. The molecule has 4 rings (SSSR count). The summed E-state index contributed by atoms with van der Waals surface area (Å²) >= 11 is 0. The maximum atomic E-state index is 12.9. The Kier molecular flexibility index (Phi) is 6.86. The highest BCUT2D eigenvalue weighted by Crippen LogP contribution is 2.28. The molecule has 0 bridgehead atoms. The summed E-state index contributed by atoms with van der Waals surface area (Å²) in [5, 5.41) is 2.17. The summed E-state index contributed by atoms with van der Waals surface area (Å²) in [6.07, 6.45) is 1.14. The van der Waals surface area contributed by atoms with E-state index in [1.165, 1.54) is 0 Å². The Morgan fingerprint density at radius 2 is 1.77 bits per heavy atom. The van der Waals surface area contributed by atoms with E-state index in [1.54, 1.807) is 36.4 Å². The van der Waals surface area contributed by atoms with Gasteiger partial charge in [-0.25, -0.2) is 13.1 Å². The zero-order valence-electron chi connectivity index (χ0n) is 19.5. The number of imide groups is 2. The molecule has 0 saturated carbocycles. The average molecular weight is 498 g/mol. The van der Waals surface area contributed by atoms with Crippen LogP contribution in [0.4, 0.5) is 0 Å². The molecule has 0 radical (unpaired) electrons. The number of hydrogen-bond acceptors (Lipinski definition) is 6. The van der Waals surface area contributed by atoms with E-state index in [-0.39, 0.29) is 41.3 Å². The normalized spacial score (nSPS) is 18.3. The number of aryl methyl sites for hydroxylation is 1. The van der Waals surface area contributed by atoms with Crippen LogP contribution in [0.3, 0.4) is 0 Å². The standard InChI is InChI=1S/C25H27N3O6S/c1-15(2)17-6-3-7-18(14-17)35(33,34)26-12-4-5-16-8-9-19-20(13-16)25(32)28(24(19)31)21-10-11-22(29)27-23(21)30/h3,6-9,13-15,21,26H,4-5,10-12H2,1-2H3,(H,27,29,30). The molecule has 2 aliphatic heterocycles. The molecule has 0 spiro atoms. The minimum absolute atomic E-state index is 0.0622. The molecule has 2 aliphatic rings. The van der Waals surface area contributed by atoms with Crippen LogP contribution in [0, 0.1) is 0 Å². The van der Waals surface area contributed by atoms with Crippen molar-refractivity contribution in [3.63, 3.8) is 0 Å². The lowest BCUT2D eigenvalue weighted by Crippen LogP contribution is -2.54. The molecule has 35 heavy (non-hydrogen) atoms. The van der Waals surface area contributed by atoms with Gasteiger partial charge in [0.1, 0.15) is 6.04 Å². The largest absolute Gasteiger partial charge is 0.295 e. The van der Waals surface area contributed by atoms with Crippen molar-refractivity contribution < 1.29 is 27.6 Å². The quantitative estimate of drug-likeness (QED) is 0.425. The molecule has 2 N–H and O–H groups in total. The van der Waals surface area contributed by atoms with E-state index in [1.807, 2.05) is 19.9 Å². The summed E-state index contributed by atoms with van der Waals surface area (Å²) in [5.74, 6) is -1.98. The number of piperidine rings is 1. The number of carbonyl (C=O) groups excluding carboxylic acids is 4. The van der Waals surface area contributed by atoms with Crippen molar-refractivity contribution in [2.45, 2.75) is 56.4 Å². The van der Waals surface area contributed by atoms with Crippen LogP contribution in [0.15, 0.2) is 47.4 Å². The Labute approximate surface area is 203 Å². The molecule has 1 fully saturated rings. The van der Waals surface area contributed by atoms with Crippen molar-refractivity contribution in [3.05, 3.63) is 64.7 Å². The first-order valence-corrected chi connectivity index (χ1v) is 13.0. The maximum absolute atomic E-state index is 12.9. The zero-order chi connectivity index (χ0) is 25.3. The van der Waals surface area contributed by atoms with Crippen molar-refractivity contribution in [2.24, 2.45) is 0 Å². The summed E-state index contributed by atoms with van der Waals surface area (Å²) in [5.41, 5.74) is 2.14. The molecule has 0 aliphatic carbocycles. The number of amides is 4. The van der Waals surface area contributed by atoms with E-state index in [2.05, 4.69) is 10.0 Å². The lowest BCUT2D eigenvalue weighted by molar-refractivity contribution is -0.136. The number of carbonyl (C=O) groups is 4. The Morgan fingerprint density at radius 1 is 1.03 bits per heavy atom. The van der Waals surface area contributed by atoms with E-state index in [4.69, 9.17) is 0 Å². The van der Waals surface area contributed by atoms with Crippen LogP contribution in [-0.4, -0.2) is 49.5 Å². The van der Waals surface area contributed by atoms with Crippen LogP contribution in [0.5, 0.6) is 0 Å². The second kappa shape index (κ2) is 9.71. The first kappa shape index (κ1) is 24.7. The highest BCUT2D eigenvalue weighted by Gasteiger charge is 2.44. The van der Waals surface area contributed by atoms with Gasteiger partial charge in [0.2, 0.25) is 21.8 Å². The number of nitrogens with one attached hydrogen (secondary N) is 2. The fourth-order valence-corrected chi connectivity index (χ4v) is 5.43. The third-order valence-corrected chi connectivity index (χ3v) is 7.73. The van der Waals surface area contributed by atoms with E-state index in [0.29, 0.717) is 12.8 Å². The molecule has 1 saturated heterocycles. The average Bonchev–Trinajstić information content (AvgIpc) is 3.06. The fraction of sp³-hybridized carbons (Fsp3) is 0.360. The van der Waals surface area contributed by atoms with E-state index >= 15 is 0 Å². The highest BCUT2D eigenvalue weighted by molar-refractivity contribution is 7.89. The second-order valence-electron chi connectivity index (χ2n) is 9.06. The third kappa shape index (κ3) is 5.03. The highest BCUT2D eigenvalue weighted by atomic mass is 32.2. The van der Waals surface area contributed by atoms with Gasteiger partial charge in [-0.05, 0) is 60.6 Å². The minimum atomic E-state index is -3.64. The fourth-order valence-electron chi connectivity index (χ4n) is 4.30. The molecule has 9 nitrogen and oxygen atoms in total. The van der Waals surface area contributed by atoms with Crippen LogP contribution < -0.4 is 10.0 Å². The number of benzene rings is 2. The van der Waals surface area contributed by atoms with Crippen molar-refractivity contribution in [3.8, 4) is 0 Å². The van der Waals surface area contributed by atoms with Crippen LogP contribution in [0.1, 0.15) is 70.9 Å². The Balaban J connectivity index is 1.38. The van der Waals surface area contributed by atoms with E-state index in [0.717, 1.165) is 16.0 Å². The lowest BCUT2D eigenvalue weighted by Gasteiger charge is -2.27. The number of fused-ring (bicyclic) bond motifs is 1. The molecule has 2 heterocycles. The van der Waals surface area contributed by atoms with Gasteiger partial charge in [-0.15, -0.1) is 0 Å². The van der Waals surface area contributed by atoms with Crippen LogP contribution in [0.2, 0.25) is 0 Å². The van der Waals surface area contributed by atoms with Gasteiger partial charge >= 0.3 is 0 Å². The molecule has 0 aromatic heterocycles. The molecular weight excluding hydrogens is 470 g/mol. The van der Waals surface area contributed by atoms with Gasteiger partial charge in [0.25, 0.3) is 11.8 Å². The Morgan fingerprint density at radius 3 is 2.49 bits per heavy atom. The van der Waals surface area contributed by atoms with E-state index < -0.39 is 39.7 Å².